The van der Waals surface area contributed by atoms with E-state index in [1.807, 2.05) is 43.7 Å². The highest BCUT2D eigenvalue weighted by atomic mass is 35.5. The van der Waals surface area contributed by atoms with Gasteiger partial charge in [0.05, 0.1) is 6.04 Å². The second-order valence-corrected chi connectivity index (χ2v) is 6.02. The molecule has 0 spiro atoms. The Bertz CT molecular complexity index is 679. The van der Waals surface area contributed by atoms with E-state index in [9.17, 15) is 4.79 Å². The Balaban J connectivity index is 2.28. The molecule has 0 bridgehead atoms. The molecule has 0 saturated heterocycles. The van der Waals surface area contributed by atoms with E-state index in [1.54, 1.807) is 24.1 Å². The Hall–Kier alpha value is -1.45. The van der Waals surface area contributed by atoms with Gasteiger partial charge in [0.2, 0.25) is 0 Å². The molecule has 5 heteroatoms. The first kappa shape index (κ1) is 15.9. The summed E-state index contributed by atoms with van der Waals surface area (Å²) in [4.78, 5) is 14.3. The molecule has 0 aliphatic carbocycles. The Morgan fingerprint density at radius 2 is 1.90 bits per heavy atom. The molecule has 0 saturated carbocycles. The maximum atomic E-state index is 12.6. The monoisotopic (exact) mass is 324 g/mol. The molecule has 1 aromatic carbocycles. The summed E-state index contributed by atoms with van der Waals surface area (Å²) in [5, 5.41) is 1.15. The van der Waals surface area contributed by atoms with Crippen molar-refractivity contribution in [2.45, 2.75) is 19.9 Å². The number of nitrogens with zero attached hydrogens (tertiary/aromatic N) is 2. The minimum atomic E-state index is -0.141. The summed E-state index contributed by atoms with van der Waals surface area (Å²) in [6.07, 6.45) is 0. The number of amides is 1. The zero-order valence-electron chi connectivity index (χ0n) is 12.5. The van der Waals surface area contributed by atoms with Crippen LogP contribution in [0.1, 0.15) is 34.7 Å². The van der Waals surface area contributed by atoms with Crippen molar-refractivity contribution in [1.29, 1.82) is 0 Å². The van der Waals surface area contributed by atoms with Crippen LogP contribution in [-0.4, -0.2) is 22.4 Å². The van der Waals surface area contributed by atoms with Crippen LogP contribution < -0.4 is 0 Å². The van der Waals surface area contributed by atoms with Crippen molar-refractivity contribution in [3.8, 4) is 0 Å². The lowest BCUT2D eigenvalue weighted by molar-refractivity contribution is 0.0733. The van der Waals surface area contributed by atoms with Crippen molar-refractivity contribution in [1.82, 2.24) is 9.47 Å². The summed E-state index contributed by atoms with van der Waals surface area (Å²) in [6.45, 7) is 3.92. The van der Waals surface area contributed by atoms with Gasteiger partial charge >= 0.3 is 0 Å². The second-order valence-electron chi connectivity index (χ2n) is 5.18. The molecule has 0 aliphatic heterocycles. The number of hydrogen-bond acceptors (Lipinski definition) is 1. The molecule has 3 nitrogen and oxygen atoms in total. The van der Waals surface area contributed by atoms with Gasteiger partial charge in [-0.25, -0.2) is 0 Å². The lowest BCUT2D eigenvalue weighted by atomic mass is 10.1. The highest BCUT2D eigenvalue weighted by Crippen LogP contribution is 2.29. The van der Waals surface area contributed by atoms with Crippen molar-refractivity contribution in [3.63, 3.8) is 0 Å². The van der Waals surface area contributed by atoms with Crippen LogP contribution in [0.5, 0.6) is 0 Å². The summed E-state index contributed by atoms with van der Waals surface area (Å²) in [5.74, 6) is -0.0379. The number of halogens is 2. The third-order valence-corrected chi connectivity index (χ3v) is 4.47. The van der Waals surface area contributed by atoms with Crippen molar-refractivity contribution >= 4 is 29.1 Å². The topological polar surface area (TPSA) is 25.2 Å². The molecule has 1 atom stereocenters. The van der Waals surface area contributed by atoms with Crippen LogP contribution in [0, 0.1) is 6.92 Å². The Labute approximate surface area is 135 Å². The van der Waals surface area contributed by atoms with Crippen LogP contribution in [0.2, 0.25) is 10.0 Å². The van der Waals surface area contributed by atoms with Crippen LogP contribution in [-0.2, 0) is 7.05 Å². The molecule has 0 fully saturated rings. The molecule has 1 unspecified atom stereocenters. The van der Waals surface area contributed by atoms with E-state index in [1.165, 1.54) is 0 Å². The molecular formula is C16H18Cl2N2O. The van der Waals surface area contributed by atoms with Gasteiger partial charge in [-0.2, -0.15) is 0 Å². The predicted octanol–water partition coefficient (Wildman–Crippen LogP) is 4.47. The Kier molecular flexibility index (Phi) is 4.64. The third kappa shape index (κ3) is 3.09. The SMILES string of the molecule is Cc1ccc(C(=O)N(C)C(C)c2ccc(Cl)cc2Cl)n1C. The Morgan fingerprint density at radius 3 is 2.43 bits per heavy atom. The van der Waals surface area contributed by atoms with Gasteiger partial charge in [0.25, 0.3) is 5.91 Å². The highest BCUT2D eigenvalue weighted by molar-refractivity contribution is 6.35. The summed E-state index contributed by atoms with van der Waals surface area (Å²) >= 11 is 12.1. The highest BCUT2D eigenvalue weighted by Gasteiger charge is 2.22. The molecule has 0 N–H and O–H groups in total. The van der Waals surface area contributed by atoms with Crippen molar-refractivity contribution in [2.24, 2.45) is 7.05 Å². The fourth-order valence-corrected chi connectivity index (χ4v) is 2.80. The molecule has 2 rings (SSSR count). The molecule has 21 heavy (non-hydrogen) atoms. The fraction of sp³-hybridized carbons (Fsp3) is 0.312. The van der Waals surface area contributed by atoms with Crippen LogP contribution in [0.3, 0.4) is 0 Å². The number of hydrogen-bond donors (Lipinski definition) is 0. The van der Waals surface area contributed by atoms with E-state index < -0.39 is 0 Å². The van der Waals surface area contributed by atoms with E-state index >= 15 is 0 Å². The number of aromatic nitrogens is 1. The van der Waals surface area contributed by atoms with E-state index in [2.05, 4.69) is 0 Å². The van der Waals surface area contributed by atoms with Crippen LogP contribution in [0.4, 0.5) is 0 Å². The van der Waals surface area contributed by atoms with Crippen molar-refractivity contribution in [2.75, 3.05) is 7.05 Å². The smallest absolute Gasteiger partial charge is 0.270 e. The molecule has 2 aromatic rings. The lowest BCUT2D eigenvalue weighted by Crippen LogP contribution is -2.31. The van der Waals surface area contributed by atoms with Crippen LogP contribution in [0.25, 0.3) is 0 Å². The number of rotatable bonds is 3. The van der Waals surface area contributed by atoms with Crippen LogP contribution in [0.15, 0.2) is 30.3 Å². The summed E-state index contributed by atoms with van der Waals surface area (Å²) < 4.78 is 1.88. The van der Waals surface area contributed by atoms with Gasteiger partial charge in [-0.05, 0) is 43.7 Å². The van der Waals surface area contributed by atoms with E-state index in [0.717, 1.165) is 11.3 Å². The van der Waals surface area contributed by atoms with Gasteiger partial charge in [-0.1, -0.05) is 29.3 Å². The minimum absolute atomic E-state index is 0.0379. The average Bonchev–Trinajstić information content (AvgIpc) is 2.77. The van der Waals surface area contributed by atoms with Gasteiger partial charge in [0.1, 0.15) is 5.69 Å². The molecule has 1 aromatic heterocycles. The molecular weight excluding hydrogens is 307 g/mol. The molecule has 0 aliphatic rings. The molecule has 0 radical (unpaired) electrons. The fourth-order valence-electron chi connectivity index (χ4n) is 2.23. The average molecular weight is 325 g/mol. The first-order valence-corrected chi connectivity index (χ1v) is 7.43. The molecule has 1 heterocycles. The first-order chi connectivity index (χ1) is 9.82. The quantitative estimate of drug-likeness (QED) is 0.817. The van der Waals surface area contributed by atoms with Crippen LogP contribution >= 0.6 is 23.2 Å². The first-order valence-electron chi connectivity index (χ1n) is 6.67. The third-order valence-electron chi connectivity index (χ3n) is 3.91. The summed E-state index contributed by atoms with van der Waals surface area (Å²) in [6, 6.07) is 8.96. The minimum Gasteiger partial charge on any atom is -0.344 e. The second kappa shape index (κ2) is 6.12. The maximum Gasteiger partial charge on any atom is 0.270 e. The van der Waals surface area contributed by atoms with E-state index in [0.29, 0.717) is 15.7 Å². The predicted molar refractivity (Wildman–Crippen MR) is 87.1 cm³/mol. The summed E-state index contributed by atoms with van der Waals surface area (Å²) in [7, 11) is 3.66. The zero-order valence-corrected chi connectivity index (χ0v) is 14.0. The number of carbonyl (C=O) groups excluding carboxylic acids is 1. The maximum absolute atomic E-state index is 12.6. The normalized spacial score (nSPS) is 12.3. The van der Waals surface area contributed by atoms with Crippen molar-refractivity contribution < 1.29 is 4.79 Å². The number of aryl methyl sites for hydroxylation is 1. The standard InChI is InChI=1S/C16H18Cl2N2O/c1-10-5-8-15(19(10)3)16(21)20(4)11(2)13-7-6-12(17)9-14(13)18/h5-9,11H,1-4H3. The number of benzene rings is 1. The molecule has 1 amide bonds. The Morgan fingerprint density at radius 1 is 1.24 bits per heavy atom. The van der Waals surface area contributed by atoms with Crippen molar-refractivity contribution in [3.05, 3.63) is 57.3 Å². The summed E-state index contributed by atoms with van der Waals surface area (Å²) in [5.41, 5.74) is 2.58. The zero-order chi connectivity index (χ0) is 15.7. The molecule has 112 valence electrons. The van der Waals surface area contributed by atoms with E-state index in [-0.39, 0.29) is 11.9 Å². The van der Waals surface area contributed by atoms with Gasteiger partial charge in [-0.3, -0.25) is 4.79 Å². The van der Waals surface area contributed by atoms with Gasteiger partial charge < -0.3 is 9.47 Å². The van der Waals surface area contributed by atoms with E-state index in [4.69, 9.17) is 23.2 Å². The largest absolute Gasteiger partial charge is 0.344 e. The van der Waals surface area contributed by atoms with Gasteiger partial charge in [-0.15, -0.1) is 0 Å². The number of carbonyl (C=O) groups is 1. The van der Waals surface area contributed by atoms with Gasteiger partial charge in [0, 0.05) is 29.8 Å². The lowest BCUT2D eigenvalue weighted by Gasteiger charge is -2.26. The van der Waals surface area contributed by atoms with Gasteiger partial charge in [0.15, 0.2) is 0 Å².